The second kappa shape index (κ2) is 12.9. The van der Waals surface area contributed by atoms with Gasteiger partial charge in [0, 0.05) is 49.4 Å². The van der Waals surface area contributed by atoms with E-state index in [1.54, 1.807) is 12.1 Å². The Morgan fingerprint density at radius 1 is 1.28 bits per heavy atom. The minimum atomic E-state index is 0. The fraction of sp³-hybridized carbons (Fsp3) is 0.524. The molecule has 11 heteroatoms. The highest BCUT2D eigenvalue weighted by Crippen LogP contribution is 2.20. The average molecular weight is 576 g/mol. The number of halogens is 2. The van der Waals surface area contributed by atoms with Gasteiger partial charge in [-0.25, -0.2) is 4.99 Å². The molecule has 2 heterocycles. The molecule has 0 atom stereocenters. The Hall–Kier alpha value is -1.92. The van der Waals surface area contributed by atoms with Gasteiger partial charge in [-0.15, -0.1) is 24.0 Å². The lowest BCUT2D eigenvalue weighted by molar-refractivity contribution is -0.123. The summed E-state index contributed by atoms with van der Waals surface area (Å²) in [6, 6.07) is 7.49. The Morgan fingerprint density at radius 3 is 2.69 bits per heavy atom. The van der Waals surface area contributed by atoms with E-state index in [-0.39, 0.29) is 42.5 Å². The molecule has 0 unspecified atom stereocenters. The quantitative estimate of drug-likeness (QED) is 0.298. The number of guanidine groups is 1. The summed E-state index contributed by atoms with van der Waals surface area (Å²) in [5, 5.41) is 10.9. The van der Waals surface area contributed by atoms with Crippen molar-refractivity contribution < 1.29 is 9.32 Å². The Bertz CT molecular complexity index is 898. The summed E-state index contributed by atoms with van der Waals surface area (Å²) in [6.07, 6.45) is 0. The molecular weight excluding hydrogens is 545 g/mol. The highest BCUT2D eigenvalue weighted by Gasteiger charge is 2.21. The molecule has 1 fully saturated rings. The number of hydrogen-bond donors (Lipinski definition) is 2. The van der Waals surface area contributed by atoms with Gasteiger partial charge in [-0.1, -0.05) is 28.9 Å². The fourth-order valence-electron chi connectivity index (χ4n) is 3.32. The molecule has 0 bridgehead atoms. The zero-order valence-corrected chi connectivity index (χ0v) is 21.8. The van der Waals surface area contributed by atoms with Crippen LogP contribution < -0.4 is 10.6 Å². The standard InChI is InChI=1S/C21H30ClN7O2.HI/c1-4-23-21(29-10-8-28(9-11-29)14-18(30)25-15(2)3)24-13-19-26-20(27-31-19)16-6-5-7-17(22)12-16;/h5-7,12,15H,4,8-11,13-14H2,1-3H3,(H,23,24)(H,25,30);1H. The molecule has 1 aromatic carbocycles. The van der Waals surface area contributed by atoms with Gasteiger partial charge in [0.15, 0.2) is 5.96 Å². The normalized spacial score (nSPS) is 14.9. The lowest BCUT2D eigenvalue weighted by atomic mass is 10.2. The van der Waals surface area contributed by atoms with Crippen molar-refractivity contribution in [2.45, 2.75) is 33.4 Å². The van der Waals surface area contributed by atoms with E-state index in [1.807, 2.05) is 32.9 Å². The summed E-state index contributed by atoms with van der Waals surface area (Å²) in [5.74, 6) is 1.80. The number of amides is 1. The predicted molar refractivity (Wildman–Crippen MR) is 136 cm³/mol. The van der Waals surface area contributed by atoms with Crippen LogP contribution >= 0.6 is 35.6 Å². The number of aliphatic imine (C=N–C) groups is 1. The number of nitrogens with one attached hydrogen (secondary N) is 2. The van der Waals surface area contributed by atoms with Crippen molar-refractivity contribution in [2.24, 2.45) is 4.99 Å². The van der Waals surface area contributed by atoms with Gasteiger partial charge < -0.3 is 20.1 Å². The van der Waals surface area contributed by atoms with Crippen LogP contribution in [0, 0.1) is 0 Å². The van der Waals surface area contributed by atoms with Crippen LogP contribution in [0.3, 0.4) is 0 Å². The third-order valence-corrected chi connectivity index (χ3v) is 4.97. The number of rotatable bonds is 7. The van der Waals surface area contributed by atoms with Crippen molar-refractivity contribution in [3.8, 4) is 11.4 Å². The summed E-state index contributed by atoms with van der Waals surface area (Å²) >= 11 is 6.04. The maximum atomic E-state index is 12.0. The molecule has 9 nitrogen and oxygen atoms in total. The summed E-state index contributed by atoms with van der Waals surface area (Å²) in [6.45, 7) is 10.6. The lowest BCUT2D eigenvalue weighted by Crippen LogP contribution is -2.54. The minimum absolute atomic E-state index is 0. The summed E-state index contributed by atoms with van der Waals surface area (Å²) in [4.78, 5) is 25.4. The first-order valence-corrected chi connectivity index (χ1v) is 11.0. The largest absolute Gasteiger partial charge is 0.357 e. The molecular formula is C21H31ClIN7O2. The summed E-state index contributed by atoms with van der Waals surface area (Å²) in [7, 11) is 0. The van der Waals surface area contributed by atoms with Crippen LogP contribution in [-0.4, -0.2) is 77.1 Å². The number of benzene rings is 1. The number of carbonyl (C=O) groups is 1. The molecule has 0 saturated carbocycles. The van der Waals surface area contributed by atoms with Crippen LogP contribution in [0.5, 0.6) is 0 Å². The SMILES string of the molecule is CCNC(=NCc1nc(-c2cccc(Cl)c2)no1)N1CCN(CC(=O)NC(C)C)CC1.I. The second-order valence-electron chi connectivity index (χ2n) is 7.68. The molecule has 0 spiro atoms. The van der Waals surface area contributed by atoms with Crippen molar-refractivity contribution in [1.29, 1.82) is 0 Å². The summed E-state index contributed by atoms with van der Waals surface area (Å²) < 4.78 is 5.36. The Balaban J connectivity index is 0.00000363. The molecule has 2 aromatic rings. The van der Waals surface area contributed by atoms with Gasteiger partial charge in [0.1, 0.15) is 6.54 Å². The molecule has 32 heavy (non-hydrogen) atoms. The van der Waals surface area contributed by atoms with E-state index < -0.39 is 0 Å². The van der Waals surface area contributed by atoms with Gasteiger partial charge in [0.2, 0.25) is 17.6 Å². The Kier molecular flexibility index (Phi) is 10.7. The van der Waals surface area contributed by atoms with Crippen LogP contribution in [0.25, 0.3) is 11.4 Å². The molecule has 0 aliphatic carbocycles. The van der Waals surface area contributed by atoms with Gasteiger partial charge in [0.25, 0.3) is 0 Å². The molecule has 1 aliphatic heterocycles. The van der Waals surface area contributed by atoms with Gasteiger partial charge in [-0.3, -0.25) is 9.69 Å². The van der Waals surface area contributed by atoms with Crippen LogP contribution in [-0.2, 0) is 11.3 Å². The van der Waals surface area contributed by atoms with Crippen LogP contribution in [0.4, 0.5) is 0 Å². The van der Waals surface area contributed by atoms with Crippen LogP contribution in [0.2, 0.25) is 5.02 Å². The van der Waals surface area contributed by atoms with E-state index in [4.69, 9.17) is 16.1 Å². The van der Waals surface area contributed by atoms with E-state index in [0.717, 1.165) is 44.2 Å². The first-order chi connectivity index (χ1) is 14.9. The third-order valence-electron chi connectivity index (χ3n) is 4.74. The fourth-order valence-corrected chi connectivity index (χ4v) is 3.51. The van der Waals surface area contributed by atoms with E-state index >= 15 is 0 Å². The molecule has 1 amide bonds. The number of nitrogens with zero attached hydrogens (tertiary/aromatic N) is 5. The van der Waals surface area contributed by atoms with E-state index in [0.29, 0.717) is 23.3 Å². The summed E-state index contributed by atoms with van der Waals surface area (Å²) in [5.41, 5.74) is 0.802. The number of carbonyl (C=O) groups excluding carboxylic acids is 1. The first kappa shape index (κ1) is 26.3. The number of aromatic nitrogens is 2. The molecule has 0 radical (unpaired) electrons. The monoisotopic (exact) mass is 575 g/mol. The smallest absolute Gasteiger partial charge is 0.248 e. The molecule has 176 valence electrons. The Morgan fingerprint density at radius 2 is 2.03 bits per heavy atom. The zero-order chi connectivity index (χ0) is 22.2. The zero-order valence-electron chi connectivity index (χ0n) is 18.7. The van der Waals surface area contributed by atoms with Crippen molar-refractivity contribution in [3.63, 3.8) is 0 Å². The molecule has 1 saturated heterocycles. The predicted octanol–water partition coefficient (Wildman–Crippen LogP) is 2.62. The van der Waals surface area contributed by atoms with Crippen molar-refractivity contribution in [3.05, 3.63) is 35.2 Å². The van der Waals surface area contributed by atoms with Crippen molar-refractivity contribution in [1.82, 2.24) is 30.6 Å². The second-order valence-corrected chi connectivity index (χ2v) is 8.11. The third kappa shape index (κ3) is 7.89. The van der Waals surface area contributed by atoms with Crippen molar-refractivity contribution >= 4 is 47.4 Å². The van der Waals surface area contributed by atoms with E-state index in [2.05, 4.69) is 35.6 Å². The van der Waals surface area contributed by atoms with Gasteiger partial charge in [-0.2, -0.15) is 4.98 Å². The maximum absolute atomic E-state index is 12.0. The number of piperazine rings is 1. The molecule has 1 aliphatic rings. The van der Waals surface area contributed by atoms with Crippen molar-refractivity contribution in [2.75, 3.05) is 39.3 Å². The highest BCUT2D eigenvalue weighted by molar-refractivity contribution is 14.0. The maximum Gasteiger partial charge on any atom is 0.248 e. The van der Waals surface area contributed by atoms with Gasteiger partial charge in [0.05, 0.1) is 6.54 Å². The Labute approximate surface area is 211 Å². The minimum Gasteiger partial charge on any atom is -0.357 e. The van der Waals surface area contributed by atoms with Gasteiger partial charge >= 0.3 is 0 Å². The van der Waals surface area contributed by atoms with E-state index in [9.17, 15) is 4.79 Å². The highest BCUT2D eigenvalue weighted by atomic mass is 127. The molecule has 1 aromatic heterocycles. The van der Waals surface area contributed by atoms with Crippen LogP contribution in [0.1, 0.15) is 26.7 Å². The average Bonchev–Trinajstić information content (AvgIpc) is 3.20. The van der Waals surface area contributed by atoms with E-state index in [1.165, 1.54) is 0 Å². The van der Waals surface area contributed by atoms with Gasteiger partial charge in [-0.05, 0) is 32.9 Å². The first-order valence-electron chi connectivity index (χ1n) is 10.6. The lowest BCUT2D eigenvalue weighted by Gasteiger charge is -2.36. The molecule has 3 rings (SSSR count). The number of hydrogen-bond acceptors (Lipinski definition) is 6. The topological polar surface area (TPSA) is 98.9 Å². The van der Waals surface area contributed by atoms with Crippen LogP contribution in [0.15, 0.2) is 33.8 Å². The molecule has 2 N–H and O–H groups in total.